The van der Waals surface area contributed by atoms with Crippen LogP contribution < -0.4 is 0 Å². The van der Waals surface area contributed by atoms with E-state index in [4.69, 9.17) is 0 Å². The van der Waals surface area contributed by atoms with Gasteiger partial charge in [0.05, 0.1) is 4.90 Å². The fraction of sp³-hybridized carbons (Fsp3) is 0.364. The lowest BCUT2D eigenvalue weighted by Crippen LogP contribution is -2.35. The predicted octanol–water partition coefficient (Wildman–Crippen LogP) is 4.77. The van der Waals surface area contributed by atoms with Crippen molar-refractivity contribution in [1.82, 2.24) is 4.31 Å². The summed E-state index contributed by atoms with van der Waals surface area (Å²) in [5, 5.41) is 0. The normalized spacial score (nSPS) is 16.4. The average Bonchev–Trinajstić information content (AvgIpc) is 2.62. The van der Waals surface area contributed by atoms with Gasteiger partial charge in [-0.05, 0) is 47.1 Å². The molecule has 2 aromatic rings. The van der Waals surface area contributed by atoms with Crippen molar-refractivity contribution in [3.8, 4) is 0 Å². The SMILES string of the molecule is Cc1ccc(C(C)(C)C)cc1S(=O)(=O)N1CC=C(c2ccccc2)CC1. The molecule has 1 heterocycles. The number of rotatable bonds is 3. The summed E-state index contributed by atoms with van der Waals surface area (Å²) in [6.45, 7) is 9.11. The standard InChI is InChI=1S/C22H27NO2S/c1-17-10-11-20(22(2,3)4)16-21(17)26(24,25)23-14-12-19(13-15-23)18-8-6-5-7-9-18/h5-12,16H,13-15H2,1-4H3. The Kier molecular flexibility index (Phi) is 5.09. The number of nitrogens with zero attached hydrogens (tertiary/aromatic N) is 1. The number of benzene rings is 2. The third kappa shape index (κ3) is 3.76. The highest BCUT2D eigenvalue weighted by Crippen LogP contribution is 2.30. The second kappa shape index (κ2) is 7.01. The van der Waals surface area contributed by atoms with E-state index >= 15 is 0 Å². The van der Waals surface area contributed by atoms with Gasteiger partial charge in [-0.2, -0.15) is 4.31 Å². The minimum atomic E-state index is -3.49. The molecule has 0 saturated carbocycles. The Balaban J connectivity index is 1.90. The minimum Gasteiger partial charge on any atom is -0.207 e. The van der Waals surface area contributed by atoms with Gasteiger partial charge in [0.25, 0.3) is 0 Å². The van der Waals surface area contributed by atoms with Gasteiger partial charge in [-0.15, -0.1) is 0 Å². The van der Waals surface area contributed by atoms with Crippen LogP contribution in [0.3, 0.4) is 0 Å². The summed E-state index contributed by atoms with van der Waals surface area (Å²) >= 11 is 0. The van der Waals surface area contributed by atoms with Gasteiger partial charge in [0.15, 0.2) is 0 Å². The van der Waals surface area contributed by atoms with E-state index in [2.05, 4.69) is 32.9 Å². The van der Waals surface area contributed by atoms with Crippen LogP contribution >= 0.6 is 0 Å². The highest BCUT2D eigenvalue weighted by molar-refractivity contribution is 7.89. The van der Waals surface area contributed by atoms with Crippen molar-refractivity contribution in [3.63, 3.8) is 0 Å². The second-order valence-electron chi connectivity index (χ2n) is 7.94. The monoisotopic (exact) mass is 369 g/mol. The third-order valence-electron chi connectivity index (χ3n) is 4.99. The van der Waals surface area contributed by atoms with E-state index in [0.717, 1.165) is 17.5 Å². The zero-order valence-corrected chi connectivity index (χ0v) is 16.8. The molecule has 0 saturated heterocycles. The lowest BCUT2D eigenvalue weighted by molar-refractivity contribution is 0.440. The van der Waals surface area contributed by atoms with Crippen LogP contribution in [0.25, 0.3) is 5.57 Å². The summed E-state index contributed by atoms with van der Waals surface area (Å²) in [4.78, 5) is 0.432. The molecule has 0 fully saturated rings. The van der Waals surface area contributed by atoms with Gasteiger partial charge in [-0.3, -0.25) is 0 Å². The molecule has 0 N–H and O–H groups in total. The van der Waals surface area contributed by atoms with Crippen molar-refractivity contribution in [2.24, 2.45) is 0 Å². The van der Waals surface area contributed by atoms with E-state index in [9.17, 15) is 8.42 Å². The van der Waals surface area contributed by atoms with Crippen LogP contribution in [0.2, 0.25) is 0 Å². The highest BCUT2D eigenvalue weighted by Gasteiger charge is 2.29. The predicted molar refractivity (Wildman–Crippen MR) is 108 cm³/mol. The van der Waals surface area contributed by atoms with E-state index in [1.165, 1.54) is 11.1 Å². The largest absolute Gasteiger partial charge is 0.243 e. The lowest BCUT2D eigenvalue weighted by atomic mass is 9.87. The Morgan fingerprint density at radius 1 is 1.00 bits per heavy atom. The summed E-state index contributed by atoms with van der Waals surface area (Å²) in [5.41, 5.74) is 4.16. The fourth-order valence-corrected chi connectivity index (χ4v) is 4.90. The van der Waals surface area contributed by atoms with E-state index in [1.807, 2.05) is 49.4 Å². The minimum absolute atomic E-state index is 0.0831. The van der Waals surface area contributed by atoms with E-state index in [0.29, 0.717) is 18.0 Å². The first-order valence-corrected chi connectivity index (χ1v) is 10.5. The Morgan fingerprint density at radius 2 is 1.69 bits per heavy atom. The first-order valence-electron chi connectivity index (χ1n) is 9.05. The fourth-order valence-electron chi connectivity index (χ4n) is 3.27. The Hall–Kier alpha value is -1.91. The summed E-state index contributed by atoms with van der Waals surface area (Å²) in [6.07, 6.45) is 2.78. The molecule has 26 heavy (non-hydrogen) atoms. The number of hydrogen-bond acceptors (Lipinski definition) is 2. The first kappa shape index (κ1) is 18.9. The van der Waals surface area contributed by atoms with Gasteiger partial charge in [0.1, 0.15) is 0 Å². The van der Waals surface area contributed by atoms with Crippen LogP contribution in [-0.2, 0) is 15.4 Å². The first-order chi connectivity index (χ1) is 12.2. The molecule has 138 valence electrons. The van der Waals surface area contributed by atoms with Gasteiger partial charge in [0, 0.05) is 13.1 Å². The molecule has 1 aliphatic heterocycles. The number of hydrogen-bond donors (Lipinski definition) is 0. The van der Waals surface area contributed by atoms with Crippen molar-refractivity contribution in [1.29, 1.82) is 0 Å². The molecule has 0 radical (unpaired) electrons. The van der Waals surface area contributed by atoms with E-state index in [-0.39, 0.29) is 5.41 Å². The number of aryl methyl sites for hydroxylation is 1. The molecule has 2 aromatic carbocycles. The Bertz CT molecular complexity index is 922. The van der Waals surface area contributed by atoms with Crippen molar-refractivity contribution in [2.45, 2.75) is 44.4 Å². The van der Waals surface area contributed by atoms with Crippen molar-refractivity contribution in [3.05, 3.63) is 71.3 Å². The zero-order valence-electron chi connectivity index (χ0n) is 16.0. The maximum Gasteiger partial charge on any atom is 0.243 e. The summed E-state index contributed by atoms with van der Waals surface area (Å²) in [6, 6.07) is 16.0. The highest BCUT2D eigenvalue weighted by atomic mass is 32.2. The molecule has 3 nitrogen and oxygen atoms in total. The van der Waals surface area contributed by atoms with Gasteiger partial charge in [-0.25, -0.2) is 8.42 Å². The van der Waals surface area contributed by atoms with Crippen LogP contribution in [0.15, 0.2) is 59.5 Å². The summed E-state index contributed by atoms with van der Waals surface area (Å²) < 4.78 is 28.0. The molecular weight excluding hydrogens is 342 g/mol. The van der Waals surface area contributed by atoms with Gasteiger partial charge >= 0.3 is 0 Å². The van der Waals surface area contributed by atoms with Crippen molar-refractivity contribution in [2.75, 3.05) is 13.1 Å². The molecule has 1 aliphatic rings. The van der Waals surface area contributed by atoms with Crippen LogP contribution in [0, 0.1) is 6.92 Å². The molecule has 4 heteroatoms. The van der Waals surface area contributed by atoms with Crippen LogP contribution in [0.4, 0.5) is 0 Å². The summed E-state index contributed by atoms with van der Waals surface area (Å²) in [5.74, 6) is 0. The van der Waals surface area contributed by atoms with Crippen molar-refractivity contribution >= 4 is 15.6 Å². The number of sulfonamides is 1. The molecule has 0 spiro atoms. The second-order valence-corrected chi connectivity index (χ2v) is 9.85. The molecule has 0 aliphatic carbocycles. The van der Waals surface area contributed by atoms with Crippen LogP contribution in [0.5, 0.6) is 0 Å². The molecule has 0 atom stereocenters. The zero-order chi connectivity index (χ0) is 18.9. The smallest absolute Gasteiger partial charge is 0.207 e. The molecule has 3 rings (SSSR count). The van der Waals surface area contributed by atoms with Gasteiger partial charge in [0.2, 0.25) is 10.0 Å². The Labute approximate surface area is 157 Å². The van der Waals surface area contributed by atoms with E-state index in [1.54, 1.807) is 4.31 Å². The quantitative estimate of drug-likeness (QED) is 0.781. The summed E-state index contributed by atoms with van der Waals surface area (Å²) in [7, 11) is -3.49. The van der Waals surface area contributed by atoms with Crippen LogP contribution in [0.1, 0.15) is 43.9 Å². The molecule has 0 amide bonds. The molecule has 0 bridgehead atoms. The lowest BCUT2D eigenvalue weighted by Gasteiger charge is -2.28. The maximum atomic E-state index is 13.2. The third-order valence-corrected chi connectivity index (χ3v) is 7.00. The Morgan fingerprint density at radius 3 is 2.27 bits per heavy atom. The average molecular weight is 370 g/mol. The van der Waals surface area contributed by atoms with Crippen molar-refractivity contribution < 1.29 is 8.42 Å². The topological polar surface area (TPSA) is 37.4 Å². The molecule has 0 unspecified atom stereocenters. The maximum absolute atomic E-state index is 13.2. The van der Waals surface area contributed by atoms with E-state index < -0.39 is 10.0 Å². The van der Waals surface area contributed by atoms with Crippen LogP contribution in [-0.4, -0.2) is 25.8 Å². The molecular formula is C22H27NO2S. The molecule has 0 aromatic heterocycles. The van der Waals surface area contributed by atoms with Gasteiger partial charge < -0.3 is 0 Å². The van der Waals surface area contributed by atoms with Gasteiger partial charge in [-0.1, -0.05) is 69.3 Å².